The van der Waals surface area contributed by atoms with E-state index < -0.39 is 0 Å². The highest BCUT2D eigenvalue weighted by Crippen LogP contribution is 2.33. The number of hydrogen-bond donors (Lipinski definition) is 1. The molecular weight excluding hydrogens is 284 g/mol. The highest BCUT2D eigenvalue weighted by Gasteiger charge is 2.16. The number of benzene rings is 1. The summed E-state index contributed by atoms with van der Waals surface area (Å²) in [6.07, 6.45) is 9.29. The fourth-order valence-corrected chi connectivity index (χ4v) is 3.27. The lowest BCUT2D eigenvalue weighted by Crippen LogP contribution is -2.29. The molecule has 2 heterocycles. The fraction of sp³-hybridized carbons (Fsp3) is 0.500. The predicted octanol–water partition coefficient (Wildman–Crippen LogP) is 4.85. The average molecular weight is 312 g/mol. The van der Waals surface area contributed by atoms with Gasteiger partial charge >= 0.3 is 0 Å². The van der Waals surface area contributed by atoms with E-state index in [1.165, 1.54) is 42.5 Å². The number of para-hydroxylation sites is 1. The molecule has 0 fully saturated rings. The van der Waals surface area contributed by atoms with E-state index in [1.54, 1.807) is 0 Å². The zero-order valence-corrected chi connectivity index (χ0v) is 14.4. The first-order valence-electron chi connectivity index (χ1n) is 8.98. The van der Waals surface area contributed by atoms with Crippen LogP contribution in [0.2, 0.25) is 0 Å². The zero-order chi connectivity index (χ0) is 16.1. The predicted molar refractivity (Wildman–Crippen MR) is 98.0 cm³/mol. The van der Waals surface area contributed by atoms with Gasteiger partial charge in [-0.25, -0.2) is 0 Å². The Labute approximate surface area is 139 Å². The van der Waals surface area contributed by atoms with Crippen molar-refractivity contribution in [3.63, 3.8) is 0 Å². The molecule has 0 spiro atoms. The van der Waals surface area contributed by atoms with Crippen molar-refractivity contribution in [1.29, 1.82) is 0 Å². The molecule has 3 heteroatoms. The van der Waals surface area contributed by atoms with E-state index in [-0.39, 0.29) is 0 Å². The minimum Gasteiger partial charge on any atom is -0.491 e. The van der Waals surface area contributed by atoms with Crippen molar-refractivity contribution in [2.75, 3.05) is 26.2 Å². The number of H-pyrrole nitrogens is 1. The molecule has 0 atom stereocenters. The highest BCUT2D eigenvalue weighted by atomic mass is 16.5. The molecule has 23 heavy (non-hydrogen) atoms. The summed E-state index contributed by atoms with van der Waals surface area (Å²) in [6.45, 7) is 8.64. The van der Waals surface area contributed by atoms with Gasteiger partial charge in [-0.3, -0.25) is 4.90 Å². The SMILES string of the molecule is CCCCN1CC=C(c2c[nH]c3c(OCCC)cccc23)CC1. The van der Waals surface area contributed by atoms with Crippen molar-refractivity contribution < 1.29 is 4.74 Å². The second-order valence-corrected chi connectivity index (χ2v) is 6.36. The Balaban J connectivity index is 1.80. The van der Waals surface area contributed by atoms with Gasteiger partial charge in [0.15, 0.2) is 0 Å². The summed E-state index contributed by atoms with van der Waals surface area (Å²) in [5.74, 6) is 0.969. The second-order valence-electron chi connectivity index (χ2n) is 6.36. The summed E-state index contributed by atoms with van der Waals surface area (Å²) in [7, 11) is 0. The number of fused-ring (bicyclic) bond motifs is 1. The Morgan fingerprint density at radius 3 is 2.87 bits per heavy atom. The summed E-state index contributed by atoms with van der Waals surface area (Å²) in [6, 6.07) is 6.35. The van der Waals surface area contributed by atoms with Gasteiger partial charge in [-0.1, -0.05) is 38.5 Å². The lowest BCUT2D eigenvalue weighted by Gasteiger charge is -2.26. The van der Waals surface area contributed by atoms with Crippen LogP contribution < -0.4 is 4.74 Å². The van der Waals surface area contributed by atoms with E-state index >= 15 is 0 Å². The third-order valence-electron chi connectivity index (χ3n) is 4.61. The molecule has 0 saturated heterocycles. The van der Waals surface area contributed by atoms with E-state index in [0.717, 1.165) is 37.3 Å². The van der Waals surface area contributed by atoms with Gasteiger partial charge in [-0.2, -0.15) is 0 Å². The first kappa shape index (κ1) is 16.1. The van der Waals surface area contributed by atoms with E-state index in [1.807, 2.05) is 0 Å². The second kappa shape index (κ2) is 7.69. The maximum absolute atomic E-state index is 5.87. The zero-order valence-electron chi connectivity index (χ0n) is 14.4. The average Bonchev–Trinajstić information content (AvgIpc) is 3.03. The molecule has 1 aromatic carbocycles. The quantitative estimate of drug-likeness (QED) is 0.792. The Hall–Kier alpha value is -1.74. The largest absolute Gasteiger partial charge is 0.491 e. The molecular formula is C20H28N2O. The number of aromatic amines is 1. The molecule has 0 saturated carbocycles. The number of nitrogens with zero attached hydrogens (tertiary/aromatic N) is 1. The molecule has 1 aliphatic rings. The Bertz CT molecular complexity index is 671. The molecule has 124 valence electrons. The lowest BCUT2D eigenvalue weighted by molar-refractivity contribution is 0.297. The van der Waals surface area contributed by atoms with E-state index in [4.69, 9.17) is 4.74 Å². The third kappa shape index (κ3) is 3.61. The Kier molecular flexibility index (Phi) is 5.39. The minimum absolute atomic E-state index is 0.766. The van der Waals surface area contributed by atoms with Gasteiger partial charge in [-0.05, 0) is 37.4 Å². The van der Waals surface area contributed by atoms with E-state index in [9.17, 15) is 0 Å². The number of aromatic nitrogens is 1. The number of ether oxygens (including phenoxy) is 1. The van der Waals surface area contributed by atoms with Crippen LogP contribution in [0.3, 0.4) is 0 Å². The van der Waals surface area contributed by atoms with Crippen LogP contribution in [0.1, 0.15) is 45.1 Å². The summed E-state index contributed by atoms with van der Waals surface area (Å²) in [4.78, 5) is 5.98. The summed E-state index contributed by atoms with van der Waals surface area (Å²) in [5.41, 5.74) is 3.94. The molecule has 3 rings (SSSR count). The summed E-state index contributed by atoms with van der Waals surface area (Å²) in [5, 5.41) is 1.28. The van der Waals surface area contributed by atoms with Gasteiger partial charge in [0.2, 0.25) is 0 Å². The van der Waals surface area contributed by atoms with E-state index in [0.29, 0.717) is 0 Å². The molecule has 0 aliphatic carbocycles. The molecule has 1 aliphatic heterocycles. The standard InChI is InChI=1S/C20H28N2O/c1-3-5-11-22-12-9-16(10-13-22)18-15-21-20-17(18)7-6-8-19(20)23-14-4-2/h6-9,15,21H,3-5,10-14H2,1-2H3. The number of hydrogen-bond acceptors (Lipinski definition) is 2. The van der Waals surface area contributed by atoms with Crippen LogP contribution in [-0.2, 0) is 0 Å². The van der Waals surface area contributed by atoms with Crippen LogP contribution in [0.5, 0.6) is 5.75 Å². The number of rotatable bonds is 7. The topological polar surface area (TPSA) is 28.3 Å². The van der Waals surface area contributed by atoms with Gasteiger partial charge in [-0.15, -0.1) is 0 Å². The molecule has 1 aromatic heterocycles. The van der Waals surface area contributed by atoms with Gasteiger partial charge in [0.1, 0.15) is 5.75 Å². The lowest BCUT2D eigenvalue weighted by atomic mass is 9.98. The fourth-order valence-electron chi connectivity index (χ4n) is 3.27. The van der Waals surface area contributed by atoms with Gasteiger partial charge < -0.3 is 9.72 Å². The smallest absolute Gasteiger partial charge is 0.143 e. The molecule has 0 unspecified atom stereocenters. The molecule has 0 bridgehead atoms. The van der Waals surface area contributed by atoms with Crippen LogP contribution in [-0.4, -0.2) is 36.1 Å². The van der Waals surface area contributed by atoms with Crippen LogP contribution in [0, 0.1) is 0 Å². The first-order valence-corrected chi connectivity index (χ1v) is 8.98. The summed E-state index contributed by atoms with van der Waals surface area (Å²) >= 11 is 0. The van der Waals surface area contributed by atoms with Crippen molar-refractivity contribution in [3.8, 4) is 5.75 Å². The first-order chi connectivity index (χ1) is 11.3. The van der Waals surface area contributed by atoms with Crippen molar-refractivity contribution in [2.45, 2.75) is 39.5 Å². The maximum Gasteiger partial charge on any atom is 0.143 e. The van der Waals surface area contributed by atoms with Gasteiger partial charge in [0.05, 0.1) is 12.1 Å². The minimum atomic E-state index is 0.766. The normalized spacial score (nSPS) is 15.8. The van der Waals surface area contributed by atoms with Crippen molar-refractivity contribution in [3.05, 3.63) is 36.0 Å². The third-order valence-corrected chi connectivity index (χ3v) is 4.61. The molecule has 2 aromatic rings. The van der Waals surface area contributed by atoms with Crippen molar-refractivity contribution in [2.24, 2.45) is 0 Å². The van der Waals surface area contributed by atoms with Gasteiger partial charge in [0.25, 0.3) is 0 Å². The highest BCUT2D eigenvalue weighted by molar-refractivity contribution is 5.95. The Morgan fingerprint density at radius 1 is 1.22 bits per heavy atom. The molecule has 0 radical (unpaired) electrons. The Morgan fingerprint density at radius 2 is 2.13 bits per heavy atom. The van der Waals surface area contributed by atoms with E-state index in [2.05, 4.69) is 54.2 Å². The van der Waals surface area contributed by atoms with Crippen LogP contribution in [0.25, 0.3) is 16.5 Å². The summed E-state index contributed by atoms with van der Waals surface area (Å²) < 4.78 is 5.87. The van der Waals surface area contributed by atoms with Crippen molar-refractivity contribution >= 4 is 16.5 Å². The monoisotopic (exact) mass is 312 g/mol. The number of unbranched alkanes of at least 4 members (excludes halogenated alkanes) is 1. The molecule has 1 N–H and O–H groups in total. The van der Waals surface area contributed by atoms with Crippen LogP contribution in [0.4, 0.5) is 0 Å². The maximum atomic E-state index is 5.87. The number of nitrogens with one attached hydrogen (secondary N) is 1. The molecule has 0 amide bonds. The van der Waals surface area contributed by atoms with Crippen LogP contribution >= 0.6 is 0 Å². The van der Waals surface area contributed by atoms with Crippen LogP contribution in [0.15, 0.2) is 30.5 Å². The van der Waals surface area contributed by atoms with Crippen molar-refractivity contribution in [1.82, 2.24) is 9.88 Å². The van der Waals surface area contributed by atoms with Gasteiger partial charge in [0, 0.05) is 30.2 Å². The molecule has 3 nitrogen and oxygen atoms in total.